The molecule has 4 nitrogen and oxygen atoms in total. The summed E-state index contributed by atoms with van der Waals surface area (Å²) < 4.78 is 0. The molecular weight excluding hydrogens is 318 g/mol. The first-order valence-electron chi connectivity index (χ1n) is 8.57. The molecule has 1 aliphatic heterocycles. The summed E-state index contributed by atoms with van der Waals surface area (Å²) in [7, 11) is 2.01. The summed E-state index contributed by atoms with van der Waals surface area (Å²) in [5.74, 6) is 0.214. The number of aromatic nitrogens is 1. The molecule has 0 bridgehead atoms. The number of carbonyl (C=O) groups excluding carboxylic acids is 1. The molecule has 3 rings (SSSR count). The molecule has 2 heterocycles. The molecule has 0 unspecified atom stereocenters. The predicted molar refractivity (Wildman–Crippen MR) is 97.9 cm³/mol. The molecule has 0 N–H and O–H groups in total. The number of carbonyl (C=O) groups is 1. The second-order valence-corrected chi connectivity index (χ2v) is 7.47. The Labute approximate surface area is 148 Å². The van der Waals surface area contributed by atoms with E-state index in [1.165, 1.54) is 12.0 Å². The van der Waals surface area contributed by atoms with Gasteiger partial charge in [-0.1, -0.05) is 30.3 Å². The molecule has 5 heteroatoms. The number of benzene rings is 1. The van der Waals surface area contributed by atoms with Gasteiger partial charge in [0.2, 0.25) is 5.91 Å². The van der Waals surface area contributed by atoms with Crippen LogP contribution in [-0.4, -0.2) is 40.8 Å². The predicted octanol–water partition coefficient (Wildman–Crippen LogP) is 3.64. The van der Waals surface area contributed by atoms with E-state index < -0.39 is 0 Å². The van der Waals surface area contributed by atoms with Gasteiger partial charge < -0.3 is 4.90 Å². The fraction of sp³-hybridized carbons (Fsp3) is 0.474. The Hall–Kier alpha value is -1.72. The highest BCUT2D eigenvalue weighted by atomic mass is 32.1. The molecule has 1 fully saturated rings. The Morgan fingerprint density at radius 2 is 2.12 bits per heavy atom. The van der Waals surface area contributed by atoms with E-state index in [9.17, 15) is 4.79 Å². The highest BCUT2D eigenvalue weighted by Gasteiger charge is 2.30. The average Bonchev–Trinajstić information content (AvgIpc) is 3.02. The van der Waals surface area contributed by atoms with Gasteiger partial charge >= 0.3 is 0 Å². The lowest BCUT2D eigenvalue weighted by molar-refractivity contribution is -0.136. The number of thiazole rings is 1. The second-order valence-electron chi connectivity index (χ2n) is 6.58. The fourth-order valence-electron chi connectivity index (χ4n) is 3.28. The third-order valence-electron chi connectivity index (χ3n) is 4.45. The lowest BCUT2D eigenvalue weighted by Crippen LogP contribution is -2.43. The summed E-state index contributed by atoms with van der Waals surface area (Å²) in [4.78, 5) is 21.6. The van der Waals surface area contributed by atoms with Crippen molar-refractivity contribution in [1.29, 1.82) is 0 Å². The third-order valence-corrected chi connectivity index (χ3v) is 5.51. The molecule has 1 aromatic heterocycles. The summed E-state index contributed by atoms with van der Waals surface area (Å²) in [6.07, 6.45) is 3.29. The zero-order chi connectivity index (χ0) is 16.9. The van der Waals surface area contributed by atoms with Gasteiger partial charge in [-0.2, -0.15) is 0 Å². The van der Waals surface area contributed by atoms with Crippen molar-refractivity contribution < 1.29 is 4.79 Å². The van der Waals surface area contributed by atoms with E-state index in [1.54, 1.807) is 11.3 Å². The normalized spacial score (nSPS) is 18.1. The van der Waals surface area contributed by atoms with E-state index >= 15 is 0 Å². The van der Waals surface area contributed by atoms with E-state index in [4.69, 9.17) is 0 Å². The van der Waals surface area contributed by atoms with Crippen molar-refractivity contribution in [3.63, 3.8) is 0 Å². The molecule has 1 aromatic carbocycles. The zero-order valence-electron chi connectivity index (χ0n) is 14.4. The maximum absolute atomic E-state index is 12.9. The van der Waals surface area contributed by atoms with Crippen molar-refractivity contribution in [2.24, 2.45) is 0 Å². The Bertz CT molecular complexity index is 670. The van der Waals surface area contributed by atoms with Crippen LogP contribution in [-0.2, 0) is 11.3 Å². The molecule has 128 valence electrons. The van der Waals surface area contributed by atoms with E-state index in [0.29, 0.717) is 6.54 Å². The summed E-state index contributed by atoms with van der Waals surface area (Å²) in [5.41, 5.74) is 2.28. The van der Waals surface area contributed by atoms with Crippen LogP contribution in [0.1, 0.15) is 41.6 Å². The number of rotatable bonds is 5. The molecule has 1 atom stereocenters. The van der Waals surface area contributed by atoms with Crippen LogP contribution in [0, 0.1) is 6.92 Å². The van der Waals surface area contributed by atoms with Crippen LogP contribution in [0.4, 0.5) is 0 Å². The number of piperidine rings is 1. The number of hydrogen-bond donors (Lipinski definition) is 0. The van der Waals surface area contributed by atoms with Crippen molar-refractivity contribution in [2.45, 2.75) is 38.8 Å². The van der Waals surface area contributed by atoms with Gasteiger partial charge in [0.25, 0.3) is 0 Å². The van der Waals surface area contributed by atoms with Crippen LogP contribution < -0.4 is 0 Å². The van der Waals surface area contributed by atoms with Crippen molar-refractivity contribution in [2.75, 3.05) is 20.1 Å². The molecular formula is C19H25N3OS. The van der Waals surface area contributed by atoms with Gasteiger partial charge in [0, 0.05) is 24.2 Å². The van der Waals surface area contributed by atoms with Crippen molar-refractivity contribution in [3.8, 4) is 0 Å². The van der Waals surface area contributed by atoms with E-state index in [0.717, 1.165) is 36.6 Å². The number of hydrogen-bond acceptors (Lipinski definition) is 4. The lowest BCUT2D eigenvalue weighted by atomic mass is 10.0. The first-order chi connectivity index (χ1) is 11.6. The topological polar surface area (TPSA) is 36.4 Å². The Kier molecular flexibility index (Phi) is 5.63. The van der Waals surface area contributed by atoms with Crippen LogP contribution in [0.25, 0.3) is 0 Å². The van der Waals surface area contributed by atoms with E-state index in [2.05, 4.69) is 27.4 Å². The molecule has 0 aliphatic carbocycles. The van der Waals surface area contributed by atoms with Gasteiger partial charge in [-0.15, -0.1) is 11.3 Å². The highest BCUT2D eigenvalue weighted by Crippen LogP contribution is 2.32. The quantitative estimate of drug-likeness (QED) is 0.832. The number of likely N-dealkylation sites (N-methyl/N-ethyl adjacent to an activating group) is 1. The Morgan fingerprint density at radius 1 is 1.33 bits per heavy atom. The summed E-state index contributed by atoms with van der Waals surface area (Å²) >= 11 is 1.68. The Balaban J connectivity index is 1.63. The third kappa shape index (κ3) is 4.22. The average molecular weight is 343 g/mol. The summed E-state index contributed by atoms with van der Waals surface area (Å²) in [6, 6.07) is 10.5. The van der Waals surface area contributed by atoms with E-state index in [-0.39, 0.29) is 11.9 Å². The Morgan fingerprint density at radius 3 is 2.83 bits per heavy atom. The molecule has 2 aromatic rings. The number of aryl methyl sites for hydroxylation is 1. The molecule has 1 saturated heterocycles. The lowest BCUT2D eigenvalue weighted by Gasteiger charge is -2.35. The minimum absolute atomic E-state index is 0.162. The first kappa shape index (κ1) is 17.1. The monoisotopic (exact) mass is 343 g/mol. The minimum atomic E-state index is 0.162. The molecule has 1 aliphatic rings. The molecule has 24 heavy (non-hydrogen) atoms. The molecule has 0 radical (unpaired) electrons. The van der Waals surface area contributed by atoms with Crippen molar-refractivity contribution in [1.82, 2.24) is 14.8 Å². The highest BCUT2D eigenvalue weighted by molar-refractivity contribution is 7.09. The zero-order valence-corrected chi connectivity index (χ0v) is 15.3. The standard InChI is InChI=1S/C19H25N3OS/c1-15-14-24-19(20-15)17-10-6-7-11-22(17)18(23)13-21(2)12-16-8-4-3-5-9-16/h3-5,8-9,14,17H,6-7,10-13H2,1-2H3/t17-/m1/s1. The van der Waals surface area contributed by atoms with Crippen LogP contribution in [0.3, 0.4) is 0 Å². The maximum Gasteiger partial charge on any atom is 0.237 e. The van der Waals surface area contributed by atoms with Gasteiger partial charge in [0.05, 0.1) is 12.6 Å². The van der Waals surface area contributed by atoms with E-state index in [1.807, 2.05) is 37.1 Å². The smallest absolute Gasteiger partial charge is 0.237 e. The van der Waals surface area contributed by atoms with Crippen molar-refractivity contribution in [3.05, 3.63) is 52.0 Å². The number of amides is 1. The van der Waals surface area contributed by atoms with Gasteiger partial charge in [-0.25, -0.2) is 4.98 Å². The van der Waals surface area contributed by atoms with Crippen LogP contribution in [0.2, 0.25) is 0 Å². The number of nitrogens with zero attached hydrogens (tertiary/aromatic N) is 3. The van der Waals surface area contributed by atoms with Gasteiger partial charge in [-0.05, 0) is 38.8 Å². The van der Waals surface area contributed by atoms with Gasteiger partial charge in [0.1, 0.15) is 5.01 Å². The van der Waals surface area contributed by atoms with Gasteiger partial charge in [0.15, 0.2) is 0 Å². The van der Waals surface area contributed by atoms with Crippen LogP contribution >= 0.6 is 11.3 Å². The first-order valence-corrected chi connectivity index (χ1v) is 9.45. The minimum Gasteiger partial charge on any atom is -0.332 e. The van der Waals surface area contributed by atoms with Crippen LogP contribution in [0.5, 0.6) is 0 Å². The maximum atomic E-state index is 12.9. The molecule has 0 saturated carbocycles. The second kappa shape index (κ2) is 7.90. The number of likely N-dealkylation sites (tertiary alicyclic amines) is 1. The SMILES string of the molecule is Cc1csc([C@H]2CCCCN2C(=O)CN(C)Cc2ccccc2)n1. The van der Waals surface area contributed by atoms with Crippen LogP contribution in [0.15, 0.2) is 35.7 Å². The molecule has 1 amide bonds. The fourth-order valence-corrected chi connectivity index (χ4v) is 4.23. The summed E-state index contributed by atoms with van der Waals surface area (Å²) in [5, 5.41) is 3.17. The van der Waals surface area contributed by atoms with Gasteiger partial charge in [-0.3, -0.25) is 9.69 Å². The molecule has 0 spiro atoms. The van der Waals surface area contributed by atoms with Crippen molar-refractivity contribution >= 4 is 17.2 Å². The largest absolute Gasteiger partial charge is 0.332 e. The summed E-state index contributed by atoms with van der Waals surface area (Å²) in [6.45, 7) is 4.11.